The van der Waals surface area contributed by atoms with Crippen molar-refractivity contribution in [3.05, 3.63) is 29.3 Å². The third kappa shape index (κ3) is 2.56. The monoisotopic (exact) mass is 267 g/mol. The summed E-state index contributed by atoms with van der Waals surface area (Å²) in [5, 5.41) is 3.09. The van der Waals surface area contributed by atoms with Crippen LogP contribution in [0.1, 0.15) is 6.42 Å². The lowest BCUT2D eigenvalue weighted by Gasteiger charge is -2.31. The Hall–Kier alpha value is -1.75. The number of hydrogen-bond donors (Lipinski definition) is 1. The van der Waals surface area contributed by atoms with Crippen LogP contribution in [0.15, 0.2) is 24.3 Å². The van der Waals surface area contributed by atoms with Crippen LogP contribution in [0.4, 0.5) is 15.3 Å². The first-order valence-electron chi connectivity index (χ1n) is 5.68. The van der Waals surface area contributed by atoms with Crippen LogP contribution in [-0.2, 0) is 0 Å². The van der Waals surface area contributed by atoms with Crippen LogP contribution in [0.3, 0.4) is 0 Å². The second-order valence-electron chi connectivity index (χ2n) is 4.12. The molecule has 1 aromatic carbocycles. The zero-order chi connectivity index (χ0) is 13.1. The molecule has 1 aliphatic heterocycles. The summed E-state index contributed by atoms with van der Waals surface area (Å²) in [6, 6.07) is 6.19. The molecule has 0 saturated carbocycles. The number of nitrogens with zero attached hydrogens (tertiary/aromatic N) is 2. The van der Waals surface area contributed by atoms with Crippen LogP contribution in [0, 0.1) is 0 Å². The summed E-state index contributed by atoms with van der Waals surface area (Å²) in [5.41, 5.74) is 0.505. The SMILES string of the molecule is CN1CCCN(C(=O)Nc2ccccc2Cl)C1=O. The van der Waals surface area contributed by atoms with Gasteiger partial charge < -0.3 is 10.2 Å². The molecule has 1 fully saturated rings. The summed E-state index contributed by atoms with van der Waals surface area (Å²) in [5.74, 6) is 0. The molecule has 0 aliphatic carbocycles. The van der Waals surface area contributed by atoms with Crippen LogP contribution < -0.4 is 5.32 Å². The van der Waals surface area contributed by atoms with E-state index in [9.17, 15) is 9.59 Å². The van der Waals surface area contributed by atoms with E-state index in [1.54, 1.807) is 31.3 Å². The average Bonchev–Trinajstić information content (AvgIpc) is 2.35. The maximum atomic E-state index is 12.0. The summed E-state index contributed by atoms with van der Waals surface area (Å²) in [4.78, 5) is 26.5. The number of carbonyl (C=O) groups is 2. The highest BCUT2D eigenvalue weighted by Crippen LogP contribution is 2.21. The Morgan fingerprint density at radius 2 is 2.06 bits per heavy atom. The van der Waals surface area contributed by atoms with Crippen LogP contribution >= 0.6 is 11.6 Å². The number of benzene rings is 1. The predicted molar refractivity (Wildman–Crippen MR) is 69.8 cm³/mol. The van der Waals surface area contributed by atoms with E-state index in [4.69, 9.17) is 11.6 Å². The molecule has 1 aliphatic rings. The molecule has 1 heterocycles. The Balaban J connectivity index is 2.08. The predicted octanol–water partition coefficient (Wildman–Crippen LogP) is 2.63. The number of para-hydroxylation sites is 1. The van der Waals surface area contributed by atoms with E-state index < -0.39 is 6.03 Å². The first-order chi connectivity index (χ1) is 8.59. The summed E-state index contributed by atoms with van der Waals surface area (Å²) in [7, 11) is 1.68. The molecule has 1 N–H and O–H groups in total. The van der Waals surface area contributed by atoms with Gasteiger partial charge in [0.2, 0.25) is 0 Å². The van der Waals surface area contributed by atoms with Gasteiger partial charge >= 0.3 is 12.1 Å². The highest BCUT2D eigenvalue weighted by molar-refractivity contribution is 6.33. The molecule has 0 unspecified atom stereocenters. The lowest BCUT2D eigenvalue weighted by Crippen LogP contribution is -2.51. The third-order valence-corrected chi connectivity index (χ3v) is 3.12. The number of nitrogens with one attached hydrogen (secondary N) is 1. The van der Waals surface area contributed by atoms with E-state index in [2.05, 4.69) is 5.32 Å². The molecule has 0 radical (unpaired) electrons. The van der Waals surface area contributed by atoms with Crippen molar-refractivity contribution in [1.82, 2.24) is 9.80 Å². The molecule has 1 saturated heterocycles. The molecule has 2 rings (SSSR count). The molecular formula is C12H14ClN3O2. The number of halogens is 1. The minimum atomic E-state index is -0.445. The average molecular weight is 268 g/mol. The second-order valence-corrected chi connectivity index (χ2v) is 4.53. The Bertz CT molecular complexity index is 478. The fourth-order valence-corrected chi connectivity index (χ4v) is 1.98. The highest BCUT2D eigenvalue weighted by Gasteiger charge is 2.28. The van der Waals surface area contributed by atoms with Gasteiger partial charge in [0.1, 0.15) is 0 Å². The molecule has 0 atom stereocenters. The molecule has 0 aromatic heterocycles. The molecule has 18 heavy (non-hydrogen) atoms. The minimum Gasteiger partial charge on any atom is -0.327 e. The molecule has 96 valence electrons. The van der Waals surface area contributed by atoms with Crippen molar-refractivity contribution in [2.75, 3.05) is 25.5 Å². The first-order valence-corrected chi connectivity index (χ1v) is 6.05. The van der Waals surface area contributed by atoms with Gasteiger partial charge in [-0.15, -0.1) is 0 Å². The van der Waals surface area contributed by atoms with Gasteiger partial charge in [-0.3, -0.25) is 0 Å². The fourth-order valence-electron chi connectivity index (χ4n) is 1.80. The van der Waals surface area contributed by atoms with Gasteiger partial charge in [0, 0.05) is 20.1 Å². The summed E-state index contributed by atoms with van der Waals surface area (Å²) < 4.78 is 0. The third-order valence-electron chi connectivity index (χ3n) is 2.79. The van der Waals surface area contributed by atoms with Gasteiger partial charge in [-0.05, 0) is 18.6 Å². The second kappa shape index (κ2) is 5.27. The van der Waals surface area contributed by atoms with Gasteiger partial charge in [-0.1, -0.05) is 23.7 Å². The van der Waals surface area contributed by atoms with Crippen molar-refractivity contribution < 1.29 is 9.59 Å². The van der Waals surface area contributed by atoms with Gasteiger partial charge in [0.15, 0.2) is 0 Å². The Morgan fingerprint density at radius 1 is 1.33 bits per heavy atom. The van der Waals surface area contributed by atoms with Crippen LogP contribution in [0.5, 0.6) is 0 Å². The number of amides is 4. The fraction of sp³-hybridized carbons (Fsp3) is 0.333. The van der Waals surface area contributed by atoms with Crippen LogP contribution in [0.2, 0.25) is 5.02 Å². The number of imide groups is 1. The summed E-state index contributed by atoms with van der Waals surface area (Å²) in [6.45, 7) is 1.11. The van der Waals surface area contributed by atoms with E-state index in [1.807, 2.05) is 0 Å². The number of anilines is 1. The molecule has 6 heteroatoms. The number of carbonyl (C=O) groups excluding carboxylic acids is 2. The van der Waals surface area contributed by atoms with Crippen LogP contribution in [0.25, 0.3) is 0 Å². The van der Waals surface area contributed by atoms with Gasteiger partial charge in [-0.2, -0.15) is 0 Å². The zero-order valence-electron chi connectivity index (χ0n) is 10.0. The zero-order valence-corrected chi connectivity index (χ0v) is 10.8. The highest BCUT2D eigenvalue weighted by atomic mass is 35.5. The van der Waals surface area contributed by atoms with Crippen molar-refractivity contribution in [3.8, 4) is 0 Å². The number of rotatable bonds is 1. The molecule has 0 spiro atoms. The molecule has 0 bridgehead atoms. The van der Waals surface area contributed by atoms with Crippen LogP contribution in [-0.4, -0.2) is 42.0 Å². The number of hydrogen-bond acceptors (Lipinski definition) is 2. The molecule has 1 aromatic rings. The van der Waals surface area contributed by atoms with E-state index in [0.717, 1.165) is 6.42 Å². The largest absolute Gasteiger partial charge is 0.330 e. The van der Waals surface area contributed by atoms with E-state index >= 15 is 0 Å². The van der Waals surface area contributed by atoms with Crippen molar-refractivity contribution in [2.45, 2.75) is 6.42 Å². The maximum Gasteiger partial charge on any atom is 0.330 e. The lowest BCUT2D eigenvalue weighted by atomic mass is 10.3. The van der Waals surface area contributed by atoms with Gasteiger partial charge in [-0.25, -0.2) is 14.5 Å². The Morgan fingerprint density at radius 3 is 2.78 bits per heavy atom. The summed E-state index contributed by atoms with van der Waals surface area (Å²) >= 11 is 5.94. The maximum absolute atomic E-state index is 12.0. The molecule has 5 nitrogen and oxygen atoms in total. The molecule has 4 amide bonds. The smallest absolute Gasteiger partial charge is 0.327 e. The van der Waals surface area contributed by atoms with Gasteiger partial charge in [0.25, 0.3) is 0 Å². The standard InChI is InChI=1S/C12H14ClN3O2/c1-15-7-4-8-16(12(15)18)11(17)14-10-6-3-2-5-9(10)13/h2-3,5-6H,4,7-8H2,1H3,(H,14,17). The summed E-state index contributed by atoms with van der Waals surface area (Å²) in [6.07, 6.45) is 0.776. The molecular weight excluding hydrogens is 254 g/mol. The van der Waals surface area contributed by atoms with Crippen molar-refractivity contribution in [3.63, 3.8) is 0 Å². The Labute approximate surface area is 110 Å². The normalized spacial score (nSPS) is 15.8. The van der Waals surface area contributed by atoms with E-state index in [0.29, 0.717) is 23.8 Å². The lowest BCUT2D eigenvalue weighted by molar-refractivity contribution is 0.150. The van der Waals surface area contributed by atoms with E-state index in [1.165, 1.54) is 9.80 Å². The quantitative estimate of drug-likeness (QED) is 0.850. The topological polar surface area (TPSA) is 52.6 Å². The van der Waals surface area contributed by atoms with Crippen molar-refractivity contribution >= 4 is 29.4 Å². The first kappa shape index (κ1) is 12.7. The van der Waals surface area contributed by atoms with Crippen molar-refractivity contribution in [1.29, 1.82) is 0 Å². The van der Waals surface area contributed by atoms with Crippen molar-refractivity contribution in [2.24, 2.45) is 0 Å². The van der Waals surface area contributed by atoms with E-state index in [-0.39, 0.29) is 6.03 Å². The minimum absolute atomic E-state index is 0.286. The van der Waals surface area contributed by atoms with Gasteiger partial charge in [0.05, 0.1) is 10.7 Å². The Kier molecular flexibility index (Phi) is 3.72. The number of urea groups is 2.